The van der Waals surface area contributed by atoms with Crippen LogP contribution in [0, 0.1) is 0 Å². The Morgan fingerprint density at radius 2 is 1.73 bits per heavy atom. The van der Waals surface area contributed by atoms with Crippen molar-refractivity contribution < 1.29 is 14.2 Å². The zero-order valence-electron chi connectivity index (χ0n) is 26.6. The van der Waals surface area contributed by atoms with Gasteiger partial charge in [0, 0.05) is 48.0 Å². The second kappa shape index (κ2) is 12.6. The number of pyridine rings is 1. The molecule has 3 atom stereocenters. The number of rotatable bonds is 8. The van der Waals surface area contributed by atoms with E-state index in [1.807, 2.05) is 23.0 Å². The molecule has 3 aliphatic rings. The quantitative estimate of drug-likeness (QED) is 0.155. The fourth-order valence-corrected chi connectivity index (χ4v) is 7.70. The number of ether oxygens (including phenoxy) is 3. The molecule has 7 rings (SSSR count). The van der Waals surface area contributed by atoms with Gasteiger partial charge in [0.15, 0.2) is 11.9 Å². The summed E-state index contributed by atoms with van der Waals surface area (Å²) in [5.74, 6) is 0.823. The summed E-state index contributed by atoms with van der Waals surface area (Å²) >= 11 is 0. The Morgan fingerprint density at radius 1 is 0.909 bits per heavy atom. The molecule has 0 amide bonds. The summed E-state index contributed by atoms with van der Waals surface area (Å²) in [6, 6.07) is 18.3. The van der Waals surface area contributed by atoms with Crippen molar-refractivity contribution in [2.75, 3.05) is 33.5 Å². The lowest BCUT2D eigenvalue weighted by Gasteiger charge is -2.41. The standard InChI is InChI=1S/C37H46N4O3/c1-26-7-6-19-40(26)37(2)17-15-27-9-10-29(23-30(27)16-18-37)31-24-33-35(28-11-13-32(14-12-28)43-22-21-42-3)39-41(36(33)38-25-31)34-8-4-5-20-44-34/h9-14,23-26,34H,4-8,15-22H2,1-3H3/t26-,34?,37?/m1/s1. The number of nitrogens with zero attached hydrogens (tertiary/aromatic N) is 4. The molecule has 0 bridgehead atoms. The predicted octanol–water partition coefficient (Wildman–Crippen LogP) is 7.61. The predicted molar refractivity (Wildman–Crippen MR) is 175 cm³/mol. The van der Waals surface area contributed by atoms with Crippen LogP contribution in [-0.4, -0.2) is 64.7 Å². The van der Waals surface area contributed by atoms with Crippen molar-refractivity contribution in [3.8, 4) is 28.1 Å². The fourth-order valence-electron chi connectivity index (χ4n) is 7.70. The minimum Gasteiger partial charge on any atom is -0.491 e. The van der Waals surface area contributed by atoms with Crippen LogP contribution in [-0.2, 0) is 22.3 Å². The Kier molecular flexibility index (Phi) is 8.45. The van der Waals surface area contributed by atoms with Crippen LogP contribution in [0.25, 0.3) is 33.4 Å². The Labute approximate surface area is 261 Å². The summed E-state index contributed by atoms with van der Waals surface area (Å²) in [5, 5.41) is 6.18. The molecule has 2 saturated heterocycles. The Balaban J connectivity index is 1.21. The van der Waals surface area contributed by atoms with Crippen LogP contribution in [0.3, 0.4) is 0 Å². The average molecular weight is 595 g/mol. The highest BCUT2D eigenvalue weighted by Crippen LogP contribution is 2.39. The summed E-state index contributed by atoms with van der Waals surface area (Å²) < 4.78 is 19.1. The molecule has 4 heterocycles. The number of likely N-dealkylation sites (tertiary alicyclic amines) is 1. The first-order valence-corrected chi connectivity index (χ1v) is 16.6. The lowest BCUT2D eigenvalue weighted by atomic mass is 9.89. The van der Waals surface area contributed by atoms with Crippen molar-refractivity contribution in [2.24, 2.45) is 0 Å². The van der Waals surface area contributed by atoms with E-state index in [0.29, 0.717) is 19.3 Å². The number of aromatic nitrogens is 3. The molecular weight excluding hydrogens is 548 g/mol. The third kappa shape index (κ3) is 5.78. The first-order valence-electron chi connectivity index (χ1n) is 16.6. The molecule has 1 aliphatic carbocycles. The van der Waals surface area contributed by atoms with Crippen LogP contribution in [0.2, 0.25) is 0 Å². The topological polar surface area (TPSA) is 61.6 Å². The van der Waals surface area contributed by atoms with E-state index in [0.717, 1.165) is 72.3 Å². The van der Waals surface area contributed by atoms with Crippen LogP contribution in [0.1, 0.15) is 76.1 Å². The molecule has 0 saturated carbocycles. The third-order valence-corrected chi connectivity index (χ3v) is 10.3. The Bertz CT molecular complexity index is 1590. The van der Waals surface area contributed by atoms with Gasteiger partial charge in [-0.15, -0.1) is 0 Å². The molecule has 0 N–H and O–H groups in total. The maximum atomic E-state index is 6.17. The van der Waals surface area contributed by atoms with E-state index in [4.69, 9.17) is 24.3 Å². The second-order valence-corrected chi connectivity index (χ2v) is 13.2. The molecule has 2 unspecified atom stereocenters. The van der Waals surface area contributed by atoms with E-state index in [9.17, 15) is 0 Å². The number of hydrogen-bond donors (Lipinski definition) is 0. The van der Waals surface area contributed by atoms with Crippen LogP contribution >= 0.6 is 0 Å². The number of fused-ring (bicyclic) bond motifs is 2. The van der Waals surface area contributed by atoms with Gasteiger partial charge in [-0.2, -0.15) is 5.10 Å². The summed E-state index contributed by atoms with van der Waals surface area (Å²) in [4.78, 5) is 7.83. The van der Waals surface area contributed by atoms with Gasteiger partial charge in [-0.05, 0) is 125 Å². The van der Waals surface area contributed by atoms with E-state index < -0.39 is 0 Å². The average Bonchev–Trinajstić information content (AvgIpc) is 3.63. The smallest absolute Gasteiger partial charge is 0.161 e. The lowest BCUT2D eigenvalue weighted by molar-refractivity contribution is -0.0368. The molecule has 2 fully saturated rings. The summed E-state index contributed by atoms with van der Waals surface area (Å²) in [5.41, 5.74) is 8.49. The van der Waals surface area contributed by atoms with Gasteiger partial charge in [0.1, 0.15) is 18.1 Å². The maximum Gasteiger partial charge on any atom is 0.161 e. The van der Waals surface area contributed by atoms with Crippen LogP contribution < -0.4 is 4.74 Å². The van der Waals surface area contributed by atoms with Crippen LogP contribution in [0.15, 0.2) is 54.7 Å². The summed E-state index contributed by atoms with van der Waals surface area (Å²) in [6.45, 7) is 8.02. The van der Waals surface area contributed by atoms with E-state index in [-0.39, 0.29) is 11.8 Å². The van der Waals surface area contributed by atoms with Gasteiger partial charge >= 0.3 is 0 Å². The molecule has 4 aromatic rings. The van der Waals surface area contributed by atoms with Gasteiger partial charge in [-0.25, -0.2) is 9.67 Å². The van der Waals surface area contributed by atoms with Crippen molar-refractivity contribution in [3.05, 3.63) is 65.9 Å². The van der Waals surface area contributed by atoms with Gasteiger partial charge < -0.3 is 14.2 Å². The molecular formula is C37H46N4O3. The molecule has 2 aliphatic heterocycles. The highest BCUT2D eigenvalue weighted by atomic mass is 16.5. The highest BCUT2D eigenvalue weighted by Gasteiger charge is 2.38. The molecule has 7 nitrogen and oxygen atoms in total. The molecule has 0 radical (unpaired) electrons. The molecule has 44 heavy (non-hydrogen) atoms. The molecule has 7 heteroatoms. The minimum atomic E-state index is -0.0878. The van der Waals surface area contributed by atoms with E-state index in [1.165, 1.54) is 48.9 Å². The number of methoxy groups -OCH3 is 1. The largest absolute Gasteiger partial charge is 0.491 e. The minimum absolute atomic E-state index is 0.0878. The monoisotopic (exact) mass is 594 g/mol. The number of aryl methyl sites for hydroxylation is 2. The van der Waals surface area contributed by atoms with Gasteiger partial charge in [0.05, 0.1) is 6.61 Å². The lowest BCUT2D eigenvalue weighted by Crippen LogP contribution is -2.48. The molecule has 2 aromatic carbocycles. The summed E-state index contributed by atoms with van der Waals surface area (Å²) in [6.07, 6.45) is 12.5. The zero-order chi connectivity index (χ0) is 30.1. The molecule has 2 aromatic heterocycles. The van der Waals surface area contributed by atoms with Crippen molar-refractivity contribution in [3.63, 3.8) is 0 Å². The van der Waals surface area contributed by atoms with E-state index in [2.05, 4.69) is 55.1 Å². The highest BCUT2D eigenvalue weighted by molar-refractivity contribution is 5.94. The normalized spacial score (nSPS) is 24.3. The van der Waals surface area contributed by atoms with Crippen LogP contribution in [0.5, 0.6) is 5.75 Å². The zero-order valence-corrected chi connectivity index (χ0v) is 26.6. The fraction of sp³-hybridized carbons (Fsp3) is 0.514. The van der Waals surface area contributed by atoms with E-state index in [1.54, 1.807) is 7.11 Å². The van der Waals surface area contributed by atoms with Crippen molar-refractivity contribution >= 4 is 11.0 Å². The molecule has 232 valence electrons. The van der Waals surface area contributed by atoms with Gasteiger partial charge in [-0.1, -0.05) is 18.2 Å². The van der Waals surface area contributed by atoms with Crippen molar-refractivity contribution in [1.29, 1.82) is 0 Å². The summed E-state index contributed by atoms with van der Waals surface area (Å²) in [7, 11) is 1.68. The van der Waals surface area contributed by atoms with E-state index >= 15 is 0 Å². The first kappa shape index (κ1) is 29.5. The van der Waals surface area contributed by atoms with Gasteiger partial charge in [-0.3, -0.25) is 4.90 Å². The van der Waals surface area contributed by atoms with Gasteiger partial charge in [0.2, 0.25) is 0 Å². The maximum absolute atomic E-state index is 6.17. The van der Waals surface area contributed by atoms with Gasteiger partial charge in [0.25, 0.3) is 0 Å². The third-order valence-electron chi connectivity index (χ3n) is 10.3. The van der Waals surface area contributed by atoms with Crippen LogP contribution in [0.4, 0.5) is 0 Å². The second-order valence-electron chi connectivity index (χ2n) is 13.2. The van der Waals surface area contributed by atoms with Crippen molar-refractivity contribution in [2.45, 2.75) is 89.4 Å². The Hall–Kier alpha value is -3.26. The Morgan fingerprint density at radius 3 is 2.48 bits per heavy atom. The number of hydrogen-bond acceptors (Lipinski definition) is 6. The molecule has 0 spiro atoms. The first-order chi connectivity index (χ1) is 21.5. The SMILES string of the molecule is COCCOc1ccc(-c2nn(C3CCCCO3)c3ncc(-c4ccc5c(c4)CCC(C)(N4CCC[C@H]4C)CC5)cc23)cc1. The number of benzene rings is 2. The van der Waals surface area contributed by atoms with Crippen molar-refractivity contribution in [1.82, 2.24) is 19.7 Å².